The molecule has 0 saturated carbocycles. The number of carbonyl (C=O) groups excluding carboxylic acids is 1. The maximum Gasteiger partial charge on any atom is 0.319 e. The largest absolute Gasteiger partial charge is 0.497 e. The van der Waals surface area contributed by atoms with Gasteiger partial charge in [0.2, 0.25) is 0 Å². The molecule has 0 aliphatic rings. The summed E-state index contributed by atoms with van der Waals surface area (Å²) in [5, 5.41) is 5.74. The third-order valence-corrected chi connectivity index (χ3v) is 4.03. The first-order chi connectivity index (χ1) is 10.6. The van der Waals surface area contributed by atoms with Gasteiger partial charge in [-0.2, -0.15) is 0 Å². The molecule has 0 aliphatic heterocycles. The number of benzene rings is 2. The Hall–Kier alpha value is -2.14. The smallest absolute Gasteiger partial charge is 0.319 e. The zero-order chi connectivity index (χ0) is 15.9. The molecule has 2 aromatic carbocycles. The van der Waals surface area contributed by atoms with Crippen LogP contribution < -0.4 is 15.4 Å². The van der Waals surface area contributed by atoms with E-state index in [9.17, 15) is 4.79 Å². The number of anilines is 1. The van der Waals surface area contributed by atoms with Gasteiger partial charge in [0.05, 0.1) is 7.11 Å². The van der Waals surface area contributed by atoms with E-state index in [0.717, 1.165) is 27.5 Å². The lowest BCUT2D eigenvalue weighted by Crippen LogP contribution is -2.28. The van der Waals surface area contributed by atoms with Crippen molar-refractivity contribution in [1.29, 1.82) is 0 Å². The molecule has 0 aromatic heterocycles. The highest BCUT2D eigenvalue weighted by Gasteiger charge is 2.05. The Kier molecular flexibility index (Phi) is 5.72. The number of thioether (sulfide) groups is 1. The van der Waals surface area contributed by atoms with E-state index < -0.39 is 0 Å². The molecule has 4 nitrogen and oxygen atoms in total. The Morgan fingerprint density at radius 2 is 1.91 bits per heavy atom. The second-order valence-electron chi connectivity index (χ2n) is 4.84. The second kappa shape index (κ2) is 7.75. The van der Waals surface area contributed by atoms with Crippen molar-refractivity contribution in [3.05, 3.63) is 53.6 Å². The number of amides is 2. The highest BCUT2D eigenvalue weighted by molar-refractivity contribution is 7.98. The molecular weight excluding hydrogens is 296 g/mol. The predicted molar refractivity (Wildman–Crippen MR) is 91.8 cm³/mol. The number of rotatable bonds is 5. The van der Waals surface area contributed by atoms with Crippen molar-refractivity contribution >= 4 is 23.5 Å². The Morgan fingerprint density at radius 3 is 2.55 bits per heavy atom. The van der Waals surface area contributed by atoms with E-state index in [-0.39, 0.29) is 6.03 Å². The lowest BCUT2D eigenvalue weighted by Gasteiger charge is -2.11. The van der Waals surface area contributed by atoms with Crippen LogP contribution in [0.15, 0.2) is 47.4 Å². The number of nitrogens with one attached hydrogen (secondary N) is 2. The molecule has 0 radical (unpaired) electrons. The molecule has 0 spiro atoms. The normalized spacial score (nSPS) is 10.1. The fourth-order valence-corrected chi connectivity index (χ4v) is 2.39. The number of aryl methyl sites for hydroxylation is 1. The molecule has 2 aromatic rings. The highest BCUT2D eigenvalue weighted by atomic mass is 32.2. The fourth-order valence-electron chi connectivity index (χ4n) is 1.95. The summed E-state index contributed by atoms with van der Waals surface area (Å²) in [6.45, 7) is 2.44. The minimum atomic E-state index is -0.211. The highest BCUT2D eigenvalue weighted by Crippen LogP contribution is 2.22. The van der Waals surface area contributed by atoms with Gasteiger partial charge in [-0.15, -0.1) is 11.8 Å². The number of methoxy groups -OCH3 is 1. The van der Waals surface area contributed by atoms with Gasteiger partial charge in [-0.05, 0) is 48.6 Å². The molecule has 2 N–H and O–H groups in total. The average molecular weight is 316 g/mol. The molecule has 0 aliphatic carbocycles. The first kappa shape index (κ1) is 16.2. The number of urea groups is 1. The molecule has 22 heavy (non-hydrogen) atoms. The summed E-state index contributed by atoms with van der Waals surface area (Å²) in [4.78, 5) is 13.1. The van der Waals surface area contributed by atoms with Crippen LogP contribution in [0.1, 0.15) is 11.1 Å². The SMILES string of the molecule is COc1ccc(CNC(=O)Nc2cc(SC)ccc2C)cc1. The summed E-state index contributed by atoms with van der Waals surface area (Å²) in [5.74, 6) is 0.803. The monoisotopic (exact) mass is 316 g/mol. The lowest BCUT2D eigenvalue weighted by atomic mass is 10.2. The quantitative estimate of drug-likeness (QED) is 0.818. The van der Waals surface area contributed by atoms with Crippen LogP contribution in [-0.4, -0.2) is 19.4 Å². The molecule has 0 heterocycles. The van der Waals surface area contributed by atoms with E-state index in [4.69, 9.17) is 4.74 Å². The van der Waals surface area contributed by atoms with E-state index in [1.54, 1.807) is 18.9 Å². The minimum Gasteiger partial charge on any atom is -0.497 e. The van der Waals surface area contributed by atoms with Crippen LogP contribution in [0, 0.1) is 6.92 Å². The number of carbonyl (C=O) groups is 1. The van der Waals surface area contributed by atoms with E-state index >= 15 is 0 Å². The Labute approximate surface area is 135 Å². The van der Waals surface area contributed by atoms with Gasteiger partial charge in [0.1, 0.15) is 5.75 Å². The standard InChI is InChI=1S/C17H20N2O2S/c1-12-4-9-15(22-3)10-16(12)19-17(20)18-11-13-5-7-14(21-2)8-6-13/h4-10H,11H2,1-3H3,(H2,18,19,20). The van der Waals surface area contributed by atoms with Crippen LogP contribution in [0.3, 0.4) is 0 Å². The first-order valence-electron chi connectivity index (χ1n) is 6.95. The van der Waals surface area contributed by atoms with Gasteiger partial charge in [-0.3, -0.25) is 0 Å². The van der Waals surface area contributed by atoms with Crippen LogP contribution in [0.25, 0.3) is 0 Å². The van der Waals surface area contributed by atoms with Crippen molar-refractivity contribution in [2.45, 2.75) is 18.4 Å². The topological polar surface area (TPSA) is 50.4 Å². The maximum absolute atomic E-state index is 12.0. The van der Waals surface area contributed by atoms with Crippen molar-refractivity contribution in [3.63, 3.8) is 0 Å². The predicted octanol–water partition coefficient (Wildman–Crippen LogP) is 4.05. The fraction of sp³-hybridized carbons (Fsp3) is 0.235. The second-order valence-corrected chi connectivity index (χ2v) is 5.72. The van der Waals surface area contributed by atoms with Gasteiger partial charge in [-0.25, -0.2) is 4.79 Å². The van der Waals surface area contributed by atoms with E-state index in [1.165, 1.54) is 0 Å². The van der Waals surface area contributed by atoms with Crippen LogP contribution in [-0.2, 0) is 6.54 Å². The zero-order valence-corrected chi connectivity index (χ0v) is 13.8. The maximum atomic E-state index is 12.0. The molecule has 5 heteroatoms. The summed E-state index contributed by atoms with van der Waals surface area (Å²) in [7, 11) is 1.63. The van der Waals surface area contributed by atoms with Crippen LogP contribution in [0.2, 0.25) is 0 Å². The van der Waals surface area contributed by atoms with Crippen molar-refractivity contribution in [1.82, 2.24) is 5.32 Å². The molecule has 0 bridgehead atoms. The summed E-state index contributed by atoms with van der Waals surface area (Å²) in [6.07, 6.45) is 2.01. The van der Waals surface area contributed by atoms with Gasteiger partial charge >= 0.3 is 6.03 Å². The van der Waals surface area contributed by atoms with Gasteiger partial charge in [0.25, 0.3) is 0 Å². The molecule has 0 atom stereocenters. The molecule has 0 unspecified atom stereocenters. The van der Waals surface area contributed by atoms with Crippen molar-refractivity contribution in [2.24, 2.45) is 0 Å². The Morgan fingerprint density at radius 1 is 1.18 bits per heavy atom. The third-order valence-electron chi connectivity index (χ3n) is 3.31. The summed E-state index contributed by atoms with van der Waals surface area (Å²) in [5.41, 5.74) is 2.89. The van der Waals surface area contributed by atoms with Crippen LogP contribution in [0.4, 0.5) is 10.5 Å². The lowest BCUT2D eigenvalue weighted by molar-refractivity contribution is 0.251. The third kappa shape index (κ3) is 4.43. The summed E-state index contributed by atoms with van der Waals surface area (Å²) in [6, 6.07) is 13.4. The molecule has 0 fully saturated rings. The Balaban J connectivity index is 1.92. The number of ether oxygens (including phenoxy) is 1. The van der Waals surface area contributed by atoms with Crippen LogP contribution in [0.5, 0.6) is 5.75 Å². The number of hydrogen-bond acceptors (Lipinski definition) is 3. The zero-order valence-electron chi connectivity index (χ0n) is 13.0. The van der Waals surface area contributed by atoms with Gasteiger partial charge in [0, 0.05) is 17.1 Å². The minimum absolute atomic E-state index is 0.211. The Bertz CT molecular complexity index is 642. The van der Waals surface area contributed by atoms with Crippen LogP contribution >= 0.6 is 11.8 Å². The van der Waals surface area contributed by atoms with Gasteiger partial charge in [0.15, 0.2) is 0 Å². The molecule has 0 saturated heterocycles. The molecule has 2 amide bonds. The summed E-state index contributed by atoms with van der Waals surface area (Å²) < 4.78 is 5.11. The van der Waals surface area contributed by atoms with E-state index in [1.807, 2.05) is 55.6 Å². The van der Waals surface area contributed by atoms with E-state index in [0.29, 0.717) is 6.54 Å². The summed E-state index contributed by atoms with van der Waals surface area (Å²) >= 11 is 1.65. The van der Waals surface area contributed by atoms with Crippen molar-refractivity contribution in [2.75, 3.05) is 18.7 Å². The van der Waals surface area contributed by atoms with Crippen molar-refractivity contribution in [3.8, 4) is 5.75 Å². The molecule has 116 valence electrons. The number of hydrogen-bond donors (Lipinski definition) is 2. The molecular formula is C17H20N2O2S. The first-order valence-corrected chi connectivity index (χ1v) is 8.17. The average Bonchev–Trinajstić information content (AvgIpc) is 2.55. The molecule has 2 rings (SSSR count). The van der Waals surface area contributed by atoms with Crippen molar-refractivity contribution < 1.29 is 9.53 Å². The van der Waals surface area contributed by atoms with E-state index in [2.05, 4.69) is 10.6 Å². The van der Waals surface area contributed by atoms with Gasteiger partial charge < -0.3 is 15.4 Å². The van der Waals surface area contributed by atoms with Gasteiger partial charge in [-0.1, -0.05) is 18.2 Å².